The second-order valence-corrected chi connectivity index (χ2v) is 1.96. The Bertz CT molecular complexity index is 148. The molecule has 1 amide bonds. The molecule has 52 valence electrons. The first-order valence-corrected chi connectivity index (χ1v) is 2.45. The normalized spacial score (nSPS) is 32.3. The summed E-state index contributed by atoms with van der Waals surface area (Å²) in [6, 6.07) is -1.66. The first kappa shape index (κ1) is 6.41. The molecule has 0 aromatic rings. The minimum Gasteiger partial charge on any atom is -0.348 e. The molecular weight excluding hydrogens is 130 g/mol. The Hall–Kier alpha value is -0.710. The zero-order valence-electron chi connectivity index (χ0n) is 4.53. The molecule has 1 saturated heterocycles. The van der Waals surface area contributed by atoms with Crippen molar-refractivity contribution in [3.05, 3.63) is 0 Å². The Morgan fingerprint density at radius 1 is 1.78 bits per heavy atom. The summed E-state index contributed by atoms with van der Waals surface area (Å²) >= 11 is 0. The van der Waals surface area contributed by atoms with Gasteiger partial charge in [0.15, 0.2) is 6.04 Å². The number of nitrogens with two attached hydrogens (primary N) is 1. The fourth-order valence-corrected chi connectivity index (χ4v) is 0.617. The van der Waals surface area contributed by atoms with Crippen molar-refractivity contribution in [1.29, 1.82) is 0 Å². The van der Waals surface area contributed by atoms with E-state index in [1.54, 1.807) is 0 Å². The summed E-state index contributed by atoms with van der Waals surface area (Å²) in [7, 11) is 0. The van der Waals surface area contributed by atoms with Gasteiger partial charge in [0.1, 0.15) is 0 Å². The minimum atomic E-state index is -3.06. The monoisotopic (exact) mass is 136 g/mol. The Morgan fingerprint density at radius 3 is 2.44 bits per heavy atom. The molecule has 1 atom stereocenters. The number of halogens is 2. The zero-order valence-corrected chi connectivity index (χ0v) is 4.53. The van der Waals surface area contributed by atoms with E-state index in [9.17, 15) is 13.6 Å². The highest BCUT2D eigenvalue weighted by Crippen LogP contribution is 2.20. The van der Waals surface area contributed by atoms with Gasteiger partial charge in [0.2, 0.25) is 5.91 Å². The highest BCUT2D eigenvalue weighted by Gasteiger charge is 2.47. The Kier molecular flexibility index (Phi) is 1.16. The molecule has 1 fully saturated rings. The third kappa shape index (κ3) is 0.873. The Balaban J connectivity index is 2.73. The Morgan fingerprint density at radius 2 is 2.33 bits per heavy atom. The molecule has 3 nitrogen and oxygen atoms in total. The van der Waals surface area contributed by atoms with Crippen LogP contribution in [0.2, 0.25) is 0 Å². The number of hydrogen-bond acceptors (Lipinski definition) is 2. The second kappa shape index (κ2) is 1.63. The SMILES string of the molecule is NC1C(=O)NCC1(F)F. The van der Waals surface area contributed by atoms with Gasteiger partial charge in [-0.2, -0.15) is 0 Å². The number of nitrogens with one attached hydrogen (secondary N) is 1. The minimum absolute atomic E-state index is 0.632. The topological polar surface area (TPSA) is 55.1 Å². The van der Waals surface area contributed by atoms with Gasteiger partial charge >= 0.3 is 0 Å². The molecular formula is C4H6F2N2O. The quantitative estimate of drug-likeness (QED) is 0.452. The van der Waals surface area contributed by atoms with Crippen molar-refractivity contribution < 1.29 is 13.6 Å². The third-order valence-corrected chi connectivity index (χ3v) is 1.24. The van der Waals surface area contributed by atoms with E-state index in [0.29, 0.717) is 0 Å². The lowest BCUT2D eigenvalue weighted by atomic mass is 10.2. The largest absolute Gasteiger partial charge is 0.348 e. The van der Waals surface area contributed by atoms with Gasteiger partial charge in [-0.25, -0.2) is 8.78 Å². The molecule has 3 N–H and O–H groups in total. The van der Waals surface area contributed by atoms with Crippen molar-refractivity contribution in [2.45, 2.75) is 12.0 Å². The van der Waals surface area contributed by atoms with Crippen LogP contribution in [0.15, 0.2) is 0 Å². The first-order chi connectivity index (χ1) is 4.04. The van der Waals surface area contributed by atoms with E-state index in [1.165, 1.54) is 0 Å². The standard InChI is InChI=1S/C4H6F2N2O/c5-4(6)1-8-3(9)2(4)7/h2H,1,7H2,(H,8,9). The van der Waals surface area contributed by atoms with Crippen molar-refractivity contribution in [2.75, 3.05) is 6.54 Å². The lowest BCUT2D eigenvalue weighted by Crippen LogP contribution is -2.41. The van der Waals surface area contributed by atoms with Gasteiger partial charge in [0.05, 0.1) is 6.54 Å². The average molecular weight is 136 g/mol. The molecule has 5 heteroatoms. The van der Waals surface area contributed by atoms with Gasteiger partial charge in [0.25, 0.3) is 5.92 Å². The number of amides is 1. The predicted molar refractivity (Wildman–Crippen MR) is 25.9 cm³/mol. The van der Waals surface area contributed by atoms with Crippen molar-refractivity contribution in [3.8, 4) is 0 Å². The van der Waals surface area contributed by atoms with Crippen LogP contribution in [0.4, 0.5) is 8.78 Å². The van der Waals surface area contributed by atoms with Crippen LogP contribution in [0, 0.1) is 0 Å². The van der Waals surface area contributed by atoms with Crippen LogP contribution in [0.5, 0.6) is 0 Å². The molecule has 0 bridgehead atoms. The summed E-state index contributed by atoms with van der Waals surface area (Å²) in [5.41, 5.74) is 4.79. The summed E-state index contributed by atoms with van der Waals surface area (Å²) in [5.74, 6) is -3.84. The van der Waals surface area contributed by atoms with E-state index in [1.807, 2.05) is 5.32 Å². The van der Waals surface area contributed by atoms with Gasteiger partial charge in [-0.05, 0) is 0 Å². The van der Waals surface area contributed by atoms with Crippen LogP contribution in [0.3, 0.4) is 0 Å². The van der Waals surface area contributed by atoms with E-state index in [2.05, 4.69) is 0 Å². The number of carbonyl (C=O) groups excluding carboxylic acids is 1. The third-order valence-electron chi connectivity index (χ3n) is 1.24. The van der Waals surface area contributed by atoms with E-state index in [-0.39, 0.29) is 0 Å². The van der Waals surface area contributed by atoms with Gasteiger partial charge < -0.3 is 11.1 Å². The van der Waals surface area contributed by atoms with Gasteiger partial charge in [0, 0.05) is 0 Å². The van der Waals surface area contributed by atoms with Crippen molar-refractivity contribution in [2.24, 2.45) is 5.73 Å². The molecule has 1 heterocycles. The molecule has 1 aliphatic heterocycles. The summed E-state index contributed by atoms with van der Waals surface area (Å²) < 4.78 is 24.4. The molecule has 9 heavy (non-hydrogen) atoms. The number of carbonyl (C=O) groups is 1. The summed E-state index contributed by atoms with van der Waals surface area (Å²) in [4.78, 5) is 10.3. The van der Waals surface area contributed by atoms with Gasteiger partial charge in [-0.1, -0.05) is 0 Å². The molecule has 0 radical (unpaired) electrons. The van der Waals surface area contributed by atoms with E-state index < -0.39 is 24.4 Å². The number of alkyl halides is 2. The van der Waals surface area contributed by atoms with Gasteiger partial charge in [-0.3, -0.25) is 4.79 Å². The molecule has 0 aromatic heterocycles. The molecule has 0 aromatic carbocycles. The van der Waals surface area contributed by atoms with Crippen molar-refractivity contribution >= 4 is 5.91 Å². The molecule has 0 spiro atoms. The number of hydrogen-bond donors (Lipinski definition) is 2. The molecule has 1 unspecified atom stereocenters. The van der Waals surface area contributed by atoms with Crippen LogP contribution < -0.4 is 11.1 Å². The van der Waals surface area contributed by atoms with Crippen LogP contribution in [-0.4, -0.2) is 24.4 Å². The van der Waals surface area contributed by atoms with Crippen molar-refractivity contribution in [1.82, 2.24) is 5.32 Å². The summed E-state index contributed by atoms with van der Waals surface area (Å²) in [6.45, 7) is -0.632. The summed E-state index contributed by atoms with van der Waals surface area (Å²) in [5, 5.41) is 1.95. The van der Waals surface area contributed by atoms with E-state index >= 15 is 0 Å². The summed E-state index contributed by atoms with van der Waals surface area (Å²) in [6.07, 6.45) is 0. The lowest BCUT2D eigenvalue weighted by molar-refractivity contribution is -0.122. The average Bonchev–Trinajstić information content (AvgIpc) is 1.97. The Labute approximate surface area is 50.2 Å². The van der Waals surface area contributed by atoms with Crippen LogP contribution in [0.1, 0.15) is 0 Å². The maximum absolute atomic E-state index is 12.2. The molecule has 0 aliphatic carbocycles. The molecule has 1 rings (SSSR count). The fraction of sp³-hybridized carbons (Fsp3) is 0.750. The second-order valence-electron chi connectivity index (χ2n) is 1.96. The molecule has 1 aliphatic rings. The van der Waals surface area contributed by atoms with Crippen molar-refractivity contribution in [3.63, 3.8) is 0 Å². The highest BCUT2D eigenvalue weighted by atomic mass is 19.3. The maximum Gasteiger partial charge on any atom is 0.288 e. The zero-order chi connectivity index (χ0) is 7.07. The smallest absolute Gasteiger partial charge is 0.288 e. The number of rotatable bonds is 0. The van der Waals surface area contributed by atoms with E-state index in [0.717, 1.165) is 0 Å². The van der Waals surface area contributed by atoms with Crippen LogP contribution in [-0.2, 0) is 4.79 Å². The fourth-order valence-electron chi connectivity index (χ4n) is 0.617. The highest BCUT2D eigenvalue weighted by molar-refractivity contribution is 5.85. The lowest BCUT2D eigenvalue weighted by Gasteiger charge is -2.08. The van der Waals surface area contributed by atoms with E-state index in [4.69, 9.17) is 5.73 Å². The predicted octanol–water partition coefficient (Wildman–Crippen LogP) is -0.921. The molecule has 0 saturated carbocycles. The maximum atomic E-state index is 12.2. The first-order valence-electron chi connectivity index (χ1n) is 2.45. The van der Waals surface area contributed by atoms with Crippen LogP contribution in [0.25, 0.3) is 0 Å². The van der Waals surface area contributed by atoms with Gasteiger partial charge in [-0.15, -0.1) is 0 Å². The van der Waals surface area contributed by atoms with Crippen LogP contribution >= 0.6 is 0 Å².